The Hall–Kier alpha value is -1.63. The minimum atomic E-state index is -0.978. The predicted octanol–water partition coefficient (Wildman–Crippen LogP) is 0.326. The van der Waals surface area contributed by atoms with Crippen molar-refractivity contribution < 1.29 is 19.5 Å². The van der Waals surface area contributed by atoms with Gasteiger partial charge in [-0.1, -0.05) is 0 Å². The monoisotopic (exact) mass is 299 g/mol. The Bertz CT molecular complexity index is 440. The molecule has 1 aliphatic rings. The van der Waals surface area contributed by atoms with Gasteiger partial charge in [0.1, 0.15) is 5.54 Å². The van der Waals surface area contributed by atoms with Gasteiger partial charge in [-0.15, -0.1) is 0 Å². The Morgan fingerprint density at radius 1 is 1.38 bits per heavy atom. The number of nitrogens with one attached hydrogen (secondary N) is 1. The number of likely N-dealkylation sites (N-methyl/N-ethyl adjacent to an activating group) is 1. The molecule has 0 aliphatic carbocycles. The summed E-state index contributed by atoms with van der Waals surface area (Å²) in [6, 6.07) is -0.469. The number of rotatable bonds is 6. The molecule has 0 unspecified atom stereocenters. The van der Waals surface area contributed by atoms with Gasteiger partial charge in [0.15, 0.2) is 0 Å². The van der Waals surface area contributed by atoms with Crippen LogP contribution in [0.3, 0.4) is 0 Å². The fourth-order valence-electron chi connectivity index (χ4n) is 2.23. The standard InChI is InChI=1S/C14H25N3O4/c1-6-16(9-13(2,3)21)10(18)7-8-17-11(19)14(4,5)15-12(17)20/h21H,6-9H2,1-5H3,(H,15,20). The van der Waals surface area contributed by atoms with Crippen LogP contribution in [0.25, 0.3) is 0 Å². The fraction of sp³-hybridized carbons (Fsp3) is 0.786. The summed E-state index contributed by atoms with van der Waals surface area (Å²) >= 11 is 0. The average Bonchev–Trinajstić information content (AvgIpc) is 2.52. The Labute approximate surface area is 125 Å². The average molecular weight is 299 g/mol. The van der Waals surface area contributed by atoms with Crippen LogP contribution in [0.2, 0.25) is 0 Å². The second-order valence-corrected chi connectivity index (χ2v) is 6.48. The predicted molar refractivity (Wildman–Crippen MR) is 77.5 cm³/mol. The van der Waals surface area contributed by atoms with Crippen LogP contribution in [0.15, 0.2) is 0 Å². The van der Waals surface area contributed by atoms with E-state index < -0.39 is 17.2 Å². The minimum absolute atomic E-state index is 0.0509. The highest BCUT2D eigenvalue weighted by Crippen LogP contribution is 2.17. The van der Waals surface area contributed by atoms with E-state index in [0.717, 1.165) is 4.90 Å². The molecule has 1 aliphatic heterocycles. The number of hydrogen-bond acceptors (Lipinski definition) is 4. The summed E-state index contributed by atoms with van der Waals surface area (Å²) in [6.45, 7) is 9.06. The van der Waals surface area contributed by atoms with Crippen molar-refractivity contribution in [2.24, 2.45) is 0 Å². The SMILES string of the molecule is CCN(CC(C)(C)O)C(=O)CCN1C(=O)NC(C)(C)C1=O. The molecule has 0 spiro atoms. The van der Waals surface area contributed by atoms with Crippen molar-refractivity contribution in [2.45, 2.75) is 52.2 Å². The number of carbonyl (C=O) groups excluding carboxylic acids is 3. The van der Waals surface area contributed by atoms with Crippen LogP contribution in [0.1, 0.15) is 41.0 Å². The molecule has 1 saturated heterocycles. The third-order valence-corrected chi connectivity index (χ3v) is 3.31. The van der Waals surface area contributed by atoms with Crippen molar-refractivity contribution in [1.82, 2.24) is 15.1 Å². The first-order valence-electron chi connectivity index (χ1n) is 7.12. The highest BCUT2D eigenvalue weighted by Gasteiger charge is 2.44. The fourth-order valence-corrected chi connectivity index (χ4v) is 2.23. The van der Waals surface area contributed by atoms with E-state index in [4.69, 9.17) is 0 Å². The van der Waals surface area contributed by atoms with Crippen LogP contribution in [-0.2, 0) is 9.59 Å². The van der Waals surface area contributed by atoms with Gasteiger partial charge >= 0.3 is 6.03 Å². The molecule has 0 bridgehead atoms. The molecule has 2 N–H and O–H groups in total. The smallest absolute Gasteiger partial charge is 0.325 e. The van der Waals surface area contributed by atoms with Gasteiger partial charge in [-0.05, 0) is 34.6 Å². The van der Waals surface area contributed by atoms with Gasteiger partial charge < -0.3 is 15.3 Å². The molecule has 0 aromatic rings. The lowest BCUT2D eigenvalue weighted by Gasteiger charge is -2.28. The minimum Gasteiger partial charge on any atom is -0.389 e. The van der Waals surface area contributed by atoms with Crippen molar-refractivity contribution >= 4 is 17.8 Å². The van der Waals surface area contributed by atoms with Gasteiger partial charge in [0, 0.05) is 26.1 Å². The first-order chi connectivity index (χ1) is 9.48. The van der Waals surface area contributed by atoms with E-state index in [9.17, 15) is 19.5 Å². The van der Waals surface area contributed by atoms with Crippen LogP contribution in [0.5, 0.6) is 0 Å². The van der Waals surface area contributed by atoms with Crippen LogP contribution < -0.4 is 5.32 Å². The van der Waals surface area contributed by atoms with Crippen LogP contribution in [0.4, 0.5) is 4.79 Å². The topological polar surface area (TPSA) is 89.9 Å². The van der Waals surface area contributed by atoms with E-state index in [1.165, 1.54) is 4.90 Å². The van der Waals surface area contributed by atoms with E-state index in [0.29, 0.717) is 6.54 Å². The second-order valence-electron chi connectivity index (χ2n) is 6.48. The van der Waals surface area contributed by atoms with Gasteiger partial charge in [0.2, 0.25) is 5.91 Å². The maximum Gasteiger partial charge on any atom is 0.325 e. The van der Waals surface area contributed by atoms with Crippen molar-refractivity contribution in [3.8, 4) is 0 Å². The summed E-state index contributed by atoms with van der Waals surface area (Å²) in [4.78, 5) is 38.4. The van der Waals surface area contributed by atoms with Crippen LogP contribution >= 0.6 is 0 Å². The van der Waals surface area contributed by atoms with Crippen LogP contribution in [0, 0.1) is 0 Å². The highest BCUT2D eigenvalue weighted by atomic mass is 16.3. The second kappa shape index (κ2) is 6.01. The molecule has 120 valence electrons. The van der Waals surface area contributed by atoms with Gasteiger partial charge in [0.25, 0.3) is 5.91 Å². The zero-order valence-electron chi connectivity index (χ0n) is 13.4. The third-order valence-electron chi connectivity index (χ3n) is 3.31. The van der Waals surface area contributed by atoms with Gasteiger partial charge in [-0.2, -0.15) is 0 Å². The van der Waals surface area contributed by atoms with Crippen molar-refractivity contribution in [1.29, 1.82) is 0 Å². The molecule has 0 radical (unpaired) electrons. The number of urea groups is 1. The largest absolute Gasteiger partial charge is 0.389 e. The Balaban J connectivity index is 2.60. The molecule has 1 heterocycles. The number of nitrogens with zero attached hydrogens (tertiary/aromatic N) is 2. The molecule has 4 amide bonds. The Morgan fingerprint density at radius 2 is 1.95 bits per heavy atom. The molecule has 7 heteroatoms. The molecule has 7 nitrogen and oxygen atoms in total. The van der Waals surface area contributed by atoms with Gasteiger partial charge in [-0.3, -0.25) is 14.5 Å². The van der Waals surface area contributed by atoms with Crippen molar-refractivity contribution in [3.05, 3.63) is 0 Å². The molecule has 1 fully saturated rings. The third kappa shape index (κ3) is 4.42. The number of hydrogen-bond donors (Lipinski definition) is 2. The van der Waals surface area contributed by atoms with Gasteiger partial charge in [-0.25, -0.2) is 4.79 Å². The molecule has 0 atom stereocenters. The number of carbonyl (C=O) groups is 3. The first-order valence-corrected chi connectivity index (χ1v) is 7.12. The normalized spacial score (nSPS) is 17.9. The molecule has 21 heavy (non-hydrogen) atoms. The van der Waals surface area contributed by atoms with E-state index in [-0.39, 0.29) is 31.3 Å². The van der Waals surface area contributed by atoms with Crippen molar-refractivity contribution in [3.63, 3.8) is 0 Å². The van der Waals surface area contributed by atoms with E-state index in [2.05, 4.69) is 5.32 Å². The summed E-state index contributed by atoms with van der Waals surface area (Å²) in [7, 11) is 0. The highest BCUT2D eigenvalue weighted by molar-refractivity contribution is 6.06. The van der Waals surface area contributed by atoms with E-state index >= 15 is 0 Å². The lowest BCUT2D eigenvalue weighted by atomic mass is 10.1. The summed E-state index contributed by atoms with van der Waals surface area (Å²) in [5, 5.41) is 12.3. The summed E-state index contributed by atoms with van der Waals surface area (Å²) in [5.41, 5.74) is -1.90. The maximum atomic E-state index is 12.1. The molecule has 0 aromatic heterocycles. The molecule has 0 aromatic carbocycles. The Kier molecular flexibility index (Phi) is 4.99. The maximum absolute atomic E-state index is 12.1. The molecular formula is C14H25N3O4. The number of amides is 4. The molecule has 1 rings (SSSR count). The zero-order valence-corrected chi connectivity index (χ0v) is 13.4. The quantitative estimate of drug-likeness (QED) is 0.691. The zero-order chi connectivity index (χ0) is 16.4. The number of aliphatic hydroxyl groups is 1. The van der Waals surface area contributed by atoms with Crippen LogP contribution in [-0.4, -0.2) is 63.5 Å². The lowest BCUT2D eigenvalue weighted by Crippen LogP contribution is -2.44. The summed E-state index contributed by atoms with van der Waals surface area (Å²) in [6.07, 6.45) is 0.0547. The summed E-state index contributed by atoms with van der Waals surface area (Å²) < 4.78 is 0. The van der Waals surface area contributed by atoms with E-state index in [1.54, 1.807) is 27.7 Å². The molecule has 0 saturated carbocycles. The summed E-state index contributed by atoms with van der Waals surface area (Å²) in [5.74, 6) is -0.518. The van der Waals surface area contributed by atoms with Crippen molar-refractivity contribution in [2.75, 3.05) is 19.6 Å². The Morgan fingerprint density at radius 3 is 2.33 bits per heavy atom. The lowest BCUT2D eigenvalue weighted by molar-refractivity contribution is -0.135. The van der Waals surface area contributed by atoms with E-state index in [1.807, 2.05) is 6.92 Å². The van der Waals surface area contributed by atoms with Gasteiger partial charge in [0.05, 0.1) is 5.60 Å². The number of imide groups is 1. The molecular weight excluding hydrogens is 274 g/mol. The first kappa shape index (κ1) is 17.4.